The monoisotopic (exact) mass is 451 g/mol. The highest BCUT2D eigenvalue weighted by Crippen LogP contribution is 2.42. The summed E-state index contributed by atoms with van der Waals surface area (Å²) in [7, 11) is 3.04. The third-order valence-electron chi connectivity index (χ3n) is 6.02. The fourth-order valence-electron chi connectivity index (χ4n) is 4.07. The Hall–Kier alpha value is -2.90. The van der Waals surface area contributed by atoms with Crippen molar-refractivity contribution in [2.75, 3.05) is 27.2 Å². The summed E-state index contributed by atoms with van der Waals surface area (Å²) in [4.78, 5) is 20.0. The number of carbonyl (C=O) groups is 1. The van der Waals surface area contributed by atoms with E-state index >= 15 is 0 Å². The molecule has 1 aliphatic heterocycles. The standard InChI is InChI=1S/C25H29N3O3S/c1-4-17-5-7-18(8-6-17)22-23(19-9-11-21(31-3)12-10-19)32-24(26-22)20-13-15-28(16-14-20)25(29)27(2)30/h5-12,20,30H,4,13-16H2,1-3H3. The summed E-state index contributed by atoms with van der Waals surface area (Å²) >= 11 is 1.74. The summed E-state index contributed by atoms with van der Waals surface area (Å²) in [5.74, 6) is 1.13. The first-order valence-corrected chi connectivity index (χ1v) is 11.8. The predicted molar refractivity (Wildman–Crippen MR) is 127 cm³/mol. The van der Waals surface area contributed by atoms with E-state index in [0.717, 1.165) is 51.7 Å². The zero-order valence-corrected chi connectivity index (χ0v) is 19.6. The van der Waals surface area contributed by atoms with Gasteiger partial charge in [0.1, 0.15) is 5.75 Å². The first kappa shape index (κ1) is 22.3. The maximum Gasteiger partial charge on any atom is 0.343 e. The van der Waals surface area contributed by atoms with Crippen LogP contribution in [0.4, 0.5) is 4.79 Å². The summed E-state index contributed by atoms with van der Waals surface area (Å²) in [6.45, 7) is 3.39. The zero-order valence-electron chi connectivity index (χ0n) is 18.7. The van der Waals surface area contributed by atoms with Gasteiger partial charge in [-0.3, -0.25) is 5.21 Å². The van der Waals surface area contributed by atoms with Gasteiger partial charge in [-0.15, -0.1) is 11.3 Å². The average Bonchev–Trinajstić information content (AvgIpc) is 3.29. The van der Waals surface area contributed by atoms with Gasteiger partial charge in [0.15, 0.2) is 0 Å². The number of aryl methyl sites for hydroxylation is 1. The number of rotatable bonds is 5. The number of benzene rings is 2. The summed E-state index contributed by atoms with van der Waals surface area (Å²) in [6, 6.07) is 16.4. The number of hydrogen-bond acceptors (Lipinski definition) is 5. The summed E-state index contributed by atoms with van der Waals surface area (Å²) in [5.41, 5.74) is 4.55. The Kier molecular flexibility index (Phi) is 6.77. The molecule has 0 saturated carbocycles. The van der Waals surface area contributed by atoms with Crippen LogP contribution in [0.15, 0.2) is 48.5 Å². The Morgan fingerprint density at radius 2 is 1.75 bits per heavy atom. The molecule has 32 heavy (non-hydrogen) atoms. The van der Waals surface area contributed by atoms with Crippen molar-refractivity contribution >= 4 is 17.4 Å². The van der Waals surface area contributed by atoms with Gasteiger partial charge in [-0.2, -0.15) is 0 Å². The Balaban J connectivity index is 1.65. The van der Waals surface area contributed by atoms with Crippen LogP contribution >= 0.6 is 11.3 Å². The summed E-state index contributed by atoms with van der Waals surface area (Å²) in [5, 5.41) is 11.2. The number of methoxy groups -OCH3 is 1. The van der Waals surface area contributed by atoms with E-state index in [-0.39, 0.29) is 6.03 Å². The normalized spacial score (nSPS) is 14.4. The lowest BCUT2D eigenvalue weighted by atomic mass is 9.97. The van der Waals surface area contributed by atoms with Gasteiger partial charge in [-0.25, -0.2) is 14.8 Å². The van der Waals surface area contributed by atoms with Gasteiger partial charge in [0, 0.05) is 31.6 Å². The fourth-order valence-corrected chi connectivity index (χ4v) is 5.33. The lowest BCUT2D eigenvalue weighted by molar-refractivity contribution is -0.0356. The Labute approximate surface area is 193 Å². The van der Waals surface area contributed by atoms with Crippen molar-refractivity contribution in [1.82, 2.24) is 14.9 Å². The van der Waals surface area contributed by atoms with E-state index in [1.165, 1.54) is 12.6 Å². The quantitative estimate of drug-likeness (QED) is 0.401. The third kappa shape index (κ3) is 4.64. The highest BCUT2D eigenvalue weighted by atomic mass is 32.1. The van der Waals surface area contributed by atoms with Crippen molar-refractivity contribution < 1.29 is 14.7 Å². The second-order valence-corrected chi connectivity index (χ2v) is 9.11. The number of hydroxylamine groups is 2. The number of urea groups is 1. The van der Waals surface area contributed by atoms with Crippen LogP contribution in [-0.4, -0.2) is 53.4 Å². The number of ether oxygens (including phenoxy) is 1. The second-order valence-electron chi connectivity index (χ2n) is 8.08. The number of carbonyl (C=O) groups excluding carboxylic acids is 1. The molecule has 0 atom stereocenters. The molecule has 0 bridgehead atoms. The number of likely N-dealkylation sites (tertiary alicyclic amines) is 1. The maximum absolute atomic E-state index is 12.1. The number of amides is 2. The number of hydrogen-bond donors (Lipinski definition) is 1. The molecule has 0 unspecified atom stereocenters. The predicted octanol–water partition coefficient (Wildman–Crippen LogP) is 5.67. The van der Waals surface area contributed by atoms with Gasteiger partial charge < -0.3 is 9.64 Å². The van der Waals surface area contributed by atoms with Crippen LogP contribution in [-0.2, 0) is 6.42 Å². The van der Waals surface area contributed by atoms with Crippen LogP contribution < -0.4 is 4.74 Å². The minimum atomic E-state index is -0.349. The van der Waals surface area contributed by atoms with Crippen LogP contribution in [0, 0.1) is 0 Å². The highest BCUT2D eigenvalue weighted by molar-refractivity contribution is 7.15. The van der Waals surface area contributed by atoms with Crippen molar-refractivity contribution in [2.45, 2.75) is 32.1 Å². The summed E-state index contributed by atoms with van der Waals surface area (Å²) < 4.78 is 5.33. The molecule has 2 aromatic carbocycles. The smallest absolute Gasteiger partial charge is 0.343 e. The van der Waals surface area contributed by atoms with Crippen molar-refractivity contribution in [3.8, 4) is 27.4 Å². The van der Waals surface area contributed by atoms with Gasteiger partial charge >= 0.3 is 6.03 Å². The number of nitrogens with zero attached hydrogens (tertiary/aromatic N) is 3. The van der Waals surface area contributed by atoms with Crippen LogP contribution in [0.2, 0.25) is 0 Å². The average molecular weight is 452 g/mol. The number of thiazole rings is 1. The molecular weight excluding hydrogens is 422 g/mol. The van der Waals surface area contributed by atoms with Crippen LogP contribution in [0.3, 0.4) is 0 Å². The zero-order chi connectivity index (χ0) is 22.7. The molecule has 168 valence electrons. The van der Waals surface area contributed by atoms with E-state index in [9.17, 15) is 10.0 Å². The topological polar surface area (TPSA) is 65.9 Å². The van der Waals surface area contributed by atoms with Crippen molar-refractivity contribution in [3.05, 3.63) is 59.1 Å². The maximum atomic E-state index is 12.1. The minimum absolute atomic E-state index is 0.300. The van der Waals surface area contributed by atoms with Crippen molar-refractivity contribution in [2.24, 2.45) is 0 Å². The number of piperidine rings is 1. The lowest BCUT2D eigenvalue weighted by Gasteiger charge is -2.32. The van der Waals surface area contributed by atoms with Crippen LogP contribution in [0.25, 0.3) is 21.7 Å². The van der Waals surface area contributed by atoms with E-state index in [4.69, 9.17) is 9.72 Å². The summed E-state index contributed by atoms with van der Waals surface area (Å²) in [6.07, 6.45) is 2.68. The molecule has 0 radical (unpaired) electrons. The van der Waals surface area contributed by atoms with Crippen LogP contribution in [0.1, 0.15) is 36.3 Å². The highest BCUT2D eigenvalue weighted by Gasteiger charge is 2.28. The molecule has 2 amide bonds. The van der Waals surface area contributed by atoms with E-state index < -0.39 is 0 Å². The molecule has 0 spiro atoms. The molecule has 0 aliphatic carbocycles. The van der Waals surface area contributed by atoms with Gasteiger partial charge in [-0.1, -0.05) is 31.2 Å². The van der Waals surface area contributed by atoms with Gasteiger partial charge in [0.2, 0.25) is 0 Å². The molecule has 7 heteroatoms. The second kappa shape index (κ2) is 9.71. The molecule has 4 rings (SSSR count). The minimum Gasteiger partial charge on any atom is -0.497 e. The van der Waals surface area contributed by atoms with E-state index in [0.29, 0.717) is 24.1 Å². The molecule has 3 aromatic rings. The Bertz CT molecular complexity index is 988. The molecule has 1 fully saturated rings. The number of aromatic nitrogens is 1. The van der Waals surface area contributed by atoms with E-state index in [1.54, 1.807) is 23.3 Å². The molecule has 1 aromatic heterocycles. The van der Waals surface area contributed by atoms with Crippen LogP contribution in [0.5, 0.6) is 5.75 Å². The Morgan fingerprint density at radius 3 is 2.31 bits per heavy atom. The van der Waals surface area contributed by atoms with E-state index in [1.807, 2.05) is 12.1 Å². The fraction of sp³-hybridized carbons (Fsp3) is 0.360. The van der Waals surface area contributed by atoms with Gasteiger partial charge in [-0.05, 0) is 54.7 Å². The van der Waals surface area contributed by atoms with Crippen molar-refractivity contribution in [1.29, 1.82) is 0 Å². The van der Waals surface area contributed by atoms with Gasteiger partial charge in [0.25, 0.3) is 0 Å². The molecular formula is C25H29N3O3S. The first-order valence-electron chi connectivity index (χ1n) is 11.0. The van der Waals surface area contributed by atoms with Crippen molar-refractivity contribution in [3.63, 3.8) is 0 Å². The lowest BCUT2D eigenvalue weighted by Crippen LogP contribution is -2.43. The first-order chi connectivity index (χ1) is 15.5. The SMILES string of the molecule is CCc1ccc(-c2nc(C3CCN(C(=O)N(C)O)CC3)sc2-c2ccc(OC)cc2)cc1. The third-order valence-corrected chi connectivity index (χ3v) is 7.29. The molecule has 1 aliphatic rings. The van der Waals surface area contributed by atoms with E-state index in [2.05, 4.69) is 43.3 Å². The largest absolute Gasteiger partial charge is 0.497 e. The van der Waals surface area contributed by atoms with Gasteiger partial charge in [0.05, 0.1) is 22.7 Å². The molecule has 1 N–H and O–H groups in total. The Morgan fingerprint density at radius 1 is 1.12 bits per heavy atom. The molecule has 6 nitrogen and oxygen atoms in total. The molecule has 2 heterocycles. The molecule has 1 saturated heterocycles.